The summed E-state index contributed by atoms with van der Waals surface area (Å²) in [5, 5.41) is 3.58. The van der Waals surface area contributed by atoms with E-state index >= 15 is 0 Å². The third-order valence-corrected chi connectivity index (χ3v) is 7.25. The van der Waals surface area contributed by atoms with E-state index in [2.05, 4.69) is 43.1 Å². The van der Waals surface area contributed by atoms with Crippen LogP contribution in [-0.4, -0.2) is 43.7 Å². The lowest BCUT2D eigenvalue weighted by Gasteiger charge is -2.36. The summed E-state index contributed by atoms with van der Waals surface area (Å²) < 4.78 is 12.4. The highest BCUT2D eigenvalue weighted by molar-refractivity contribution is 6.16. The maximum atomic E-state index is 14.3. The van der Waals surface area contributed by atoms with Gasteiger partial charge in [0.1, 0.15) is 22.7 Å². The maximum Gasteiger partial charge on any atom is 0.197 e. The molecule has 0 aromatic heterocycles. The fourth-order valence-electron chi connectivity index (χ4n) is 5.43. The molecule has 0 saturated carbocycles. The lowest BCUT2D eigenvalue weighted by atomic mass is 9.80. The van der Waals surface area contributed by atoms with Gasteiger partial charge in [0.2, 0.25) is 0 Å². The van der Waals surface area contributed by atoms with E-state index < -0.39 is 5.60 Å². The Morgan fingerprint density at radius 2 is 1.97 bits per heavy atom. The molecule has 0 unspecified atom stereocenters. The van der Waals surface area contributed by atoms with Crippen LogP contribution < -0.4 is 19.7 Å². The second-order valence-electron chi connectivity index (χ2n) is 11.4. The fourth-order valence-corrected chi connectivity index (χ4v) is 5.43. The molecule has 5 nitrogen and oxygen atoms in total. The van der Waals surface area contributed by atoms with Gasteiger partial charge in [0.15, 0.2) is 5.78 Å². The summed E-state index contributed by atoms with van der Waals surface area (Å²) in [7, 11) is 1.64. The quantitative estimate of drug-likeness (QED) is 0.444. The van der Waals surface area contributed by atoms with Crippen molar-refractivity contribution in [3.8, 4) is 11.5 Å². The number of nitrogens with one attached hydrogen (secondary N) is 1. The van der Waals surface area contributed by atoms with E-state index in [9.17, 15) is 4.79 Å². The molecule has 0 radical (unpaired) electrons. The van der Waals surface area contributed by atoms with Crippen molar-refractivity contribution in [2.45, 2.75) is 58.7 Å². The van der Waals surface area contributed by atoms with Crippen LogP contribution in [0, 0.1) is 5.41 Å². The fraction of sp³-hybridized carbons (Fsp3) is 0.433. The summed E-state index contributed by atoms with van der Waals surface area (Å²) >= 11 is 0. The Hall–Kier alpha value is -3.05. The first-order valence-electron chi connectivity index (χ1n) is 12.5. The number of fused-ring (bicyclic) bond motifs is 3. The zero-order chi connectivity index (χ0) is 25.0. The molecule has 1 N–H and O–H groups in total. The molecule has 3 aliphatic heterocycles. The summed E-state index contributed by atoms with van der Waals surface area (Å²) in [6, 6.07) is 13.0. The second kappa shape index (κ2) is 8.56. The maximum absolute atomic E-state index is 14.3. The molecule has 35 heavy (non-hydrogen) atoms. The summed E-state index contributed by atoms with van der Waals surface area (Å²) in [5.41, 5.74) is 3.37. The van der Waals surface area contributed by atoms with Crippen molar-refractivity contribution in [2.75, 3.05) is 25.1 Å². The molecule has 3 heterocycles. The van der Waals surface area contributed by atoms with Crippen LogP contribution in [0.1, 0.15) is 62.5 Å². The molecule has 2 aromatic carbocycles. The van der Waals surface area contributed by atoms with Crippen molar-refractivity contribution in [2.24, 2.45) is 5.41 Å². The molecule has 5 rings (SSSR count). The molecule has 0 aliphatic carbocycles. The number of ketones is 1. The average molecular weight is 473 g/mol. The van der Waals surface area contributed by atoms with Crippen LogP contribution in [0.25, 0.3) is 12.2 Å². The number of ether oxygens (including phenoxy) is 2. The van der Waals surface area contributed by atoms with Gasteiger partial charge in [0, 0.05) is 42.4 Å². The largest absolute Gasteiger partial charge is 0.496 e. The van der Waals surface area contributed by atoms with Crippen LogP contribution in [0.15, 0.2) is 48.0 Å². The van der Waals surface area contributed by atoms with Gasteiger partial charge in [0.25, 0.3) is 0 Å². The van der Waals surface area contributed by atoms with E-state index in [0.717, 1.165) is 41.9 Å². The Morgan fingerprint density at radius 1 is 1.23 bits per heavy atom. The SMILES string of the molecule is COc1cc(N2C[C@H]3C[C@@H]2CN3)c2c(c1C(=O)/C(=C/c1ccccc1)C(C)(C)C)OC(C)(C)C=C2. The lowest BCUT2D eigenvalue weighted by molar-refractivity contribution is 0.0994. The predicted molar refractivity (Wildman–Crippen MR) is 142 cm³/mol. The second-order valence-corrected chi connectivity index (χ2v) is 11.4. The Bertz CT molecular complexity index is 1200. The number of carbonyl (C=O) groups is 1. The van der Waals surface area contributed by atoms with Crippen LogP contribution in [0.2, 0.25) is 0 Å². The number of rotatable bonds is 5. The number of benzene rings is 2. The molecule has 2 aromatic rings. The number of hydrogen-bond acceptors (Lipinski definition) is 5. The van der Waals surface area contributed by atoms with E-state index in [1.807, 2.05) is 56.3 Å². The molecule has 0 amide bonds. The zero-order valence-corrected chi connectivity index (χ0v) is 21.6. The number of piperazine rings is 1. The van der Waals surface area contributed by atoms with E-state index in [-0.39, 0.29) is 11.2 Å². The molecule has 3 aliphatic rings. The summed E-state index contributed by atoms with van der Waals surface area (Å²) in [4.78, 5) is 16.8. The van der Waals surface area contributed by atoms with Crippen LogP contribution in [-0.2, 0) is 0 Å². The van der Waals surface area contributed by atoms with E-state index in [1.54, 1.807) is 7.11 Å². The zero-order valence-electron chi connectivity index (χ0n) is 21.6. The molecule has 2 saturated heterocycles. The van der Waals surface area contributed by atoms with Crippen LogP contribution in [0.5, 0.6) is 11.5 Å². The minimum Gasteiger partial charge on any atom is -0.496 e. The normalized spacial score (nSPS) is 22.7. The van der Waals surface area contributed by atoms with Gasteiger partial charge in [-0.15, -0.1) is 0 Å². The minimum atomic E-state index is -0.526. The number of methoxy groups -OCH3 is 1. The number of anilines is 1. The third-order valence-electron chi connectivity index (χ3n) is 7.25. The molecule has 0 spiro atoms. The lowest BCUT2D eigenvalue weighted by Crippen LogP contribution is -2.44. The Labute approximate surface area is 208 Å². The molecule has 2 bridgehead atoms. The minimum absolute atomic E-state index is 0.0586. The van der Waals surface area contributed by atoms with Gasteiger partial charge in [-0.05, 0) is 49.5 Å². The van der Waals surface area contributed by atoms with Gasteiger partial charge < -0.3 is 19.7 Å². The molecule has 2 fully saturated rings. The summed E-state index contributed by atoms with van der Waals surface area (Å²) in [5.74, 6) is 1.13. The molecular formula is C30H36N2O3. The number of nitrogens with zero attached hydrogens (tertiary/aromatic N) is 1. The van der Waals surface area contributed by atoms with Crippen molar-refractivity contribution in [3.05, 3.63) is 64.7 Å². The topological polar surface area (TPSA) is 50.8 Å². The number of carbonyl (C=O) groups excluding carboxylic acids is 1. The number of Topliss-reactive ketones (excluding diaryl/α,β-unsaturated/α-hetero) is 1. The smallest absolute Gasteiger partial charge is 0.197 e. The first-order valence-corrected chi connectivity index (χ1v) is 12.5. The Balaban J connectivity index is 1.69. The standard InChI is InChI=1S/C30H36N2O3/c1-29(2,3)23(14-19-10-8-7-9-11-19)27(33)26-25(34-6)16-24(32-18-20-15-21(32)17-31-20)22-12-13-30(4,5)35-28(22)26/h7-14,16,20-21,31H,15,17-18H2,1-6H3/b23-14-/t20-,21-/m1/s1. The van der Waals surface area contributed by atoms with Crippen molar-refractivity contribution in [1.82, 2.24) is 5.32 Å². The highest BCUT2D eigenvalue weighted by Crippen LogP contribution is 2.48. The van der Waals surface area contributed by atoms with Gasteiger partial charge in [0.05, 0.1) is 12.8 Å². The molecule has 184 valence electrons. The Kier molecular flexibility index (Phi) is 5.79. The molecule has 5 heteroatoms. The highest BCUT2D eigenvalue weighted by Gasteiger charge is 2.41. The summed E-state index contributed by atoms with van der Waals surface area (Å²) in [6.45, 7) is 12.2. The van der Waals surface area contributed by atoms with E-state index in [1.165, 1.54) is 0 Å². The van der Waals surface area contributed by atoms with Crippen molar-refractivity contribution in [1.29, 1.82) is 0 Å². The van der Waals surface area contributed by atoms with Crippen LogP contribution in [0.3, 0.4) is 0 Å². The predicted octanol–water partition coefficient (Wildman–Crippen LogP) is 5.74. The average Bonchev–Trinajstić information content (AvgIpc) is 3.44. The first kappa shape index (κ1) is 23.7. The monoisotopic (exact) mass is 472 g/mol. The van der Waals surface area contributed by atoms with Gasteiger partial charge in [-0.1, -0.05) is 51.1 Å². The molecule has 2 atom stereocenters. The highest BCUT2D eigenvalue weighted by atomic mass is 16.5. The summed E-state index contributed by atoms with van der Waals surface area (Å²) in [6.07, 6.45) is 7.34. The Morgan fingerprint density at radius 3 is 2.57 bits per heavy atom. The van der Waals surface area contributed by atoms with Gasteiger partial charge in [-0.2, -0.15) is 0 Å². The van der Waals surface area contributed by atoms with Crippen molar-refractivity contribution >= 4 is 23.6 Å². The number of allylic oxidation sites excluding steroid dienone is 1. The molecular weight excluding hydrogens is 436 g/mol. The first-order chi connectivity index (χ1) is 16.6. The van der Waals surface area contributed by atoms with E-state index in [4.69, 9.17) is 9.47 Å². The van der Waals surface area contributed by atoms with Crippen LogP contribution >= 0.6 is 0 Å². The van der Waals surface area contributed by atoms with Gasteiger partial charge in [-0.3, -0.25) is 4.79 Å². The van der Waals surface area contributed by atoms with Crippen molar-refractivity contribution in [3.63, 3.8) is 0 Å². The van der Waals surface area contributed by atoms with Gasteiger partial charge >= 0.3 is 0 Å². The van der Waals surface area contributed by atoms with Crippen molar-refractivity contribution < 1.29 is 14.3 Å². The van der Waals surface area contributed by atoms with Crippen LogP contribution in [0.4, 0.5) is 5.69 Å². The van der Waals surface area contributed by atoms with Gasteiger partial charge in [-0.25, -0.2) is 0 Å². The van der Waals surface area contributed by atoms with E-state index in [0.29, 0.717) is 29.1 Å². The number of hydrogen-bond donors (Lipinski definition) is 1. The third kappa shape index (κ3) is 4.38.